The minimum Gasteiger partial charge on any atom is -0.461 e. The van der Waals surface area contributed by atoms with Crippen LogP contribution < -0.4 is 5.32 Å². The fourth-order valence-corrected chi connectivity index (χ4v) is 3.17. The van der Waals surface area contributed by atoms with E-state index in [4.69, 9.17) is 9.40 Å². The second-order valence-corrected chi connectivity index (χ2v) is 6.85. The Labute approximate surface area is 133 Å². The highest BCUT2D eigenvalue weighted by Gasteiger charge is 2.24. The summed E-state index contributed by atoms with van der Waals surface area (Å²) in [6.45, 7) is 11.4. The number of aryl methyl sites for hydroxylation is 1. The van der Waals surface area contributed by atoms with Crippen molar-refractivity contribution in [3.8, 4) is 11.6 Å². The van der Waals surface area contributed by atoms with Crippen molar-refractivity contribution < 1.29 is 4.42 Å². The van der Waals surface area contributed by atoms with Crippen LogP contribution in [-0.2, 0) is 5.41 Å². The van der Waals surface area contributed by atoms with Crippen molar-refractivity contribution in [2.24, 2.45) is 0 Å². The first-order valence-corrected chi connectivity index (χ1v) is 7.78. The van der Waals surface area contributed by atoms with Gasteiger partial charge < -0.3 is 9.73 Å². The fourth-order valence-electron chi connectivity index (χ4n) is 1.93. The lowest BCUT2D eigenvalue weighted by molar-refractivity contribution is 0.553. The third kappa shape index (κ3) is 2.97. The predicted molar refractivity (Wildman–Crippen MR) is 90.1 cm³/mol. The minimum absolute atomic E-state index is 0.0428. The molecule has 4 nitrogen and oxygen atoms in total. The Bertz CT molecular complexity index is 614. The quantitative estimate of drug-likeness (QED) is 0.797. The van der Waals surface area contributed by atoms with Gasteiger partial charge in [0.05, 0.1) is 15.5 Å². The van der Waals surface area contributed by atoms with E-state index in [2.05, 4.69) is 60.6 Å². The van der Waals surface area contributed by atoms with Crippen LogP contribution in [0.5, 0.6) is 0 Å². The van der Waals surface area contributed by atoms with Gasteiger partial charge in [0.1, 0.15) is 5.82 Å². The van der Waals surface area contributed by atoms with Gasteiger partial charge in [0.25, 0.3) is 0 Å². The molecule has 2 aromatic rings. The third-order valence-electron chi connectivity index (χ3n) is 2.97. The van der Waals surface area contributed by atoms with Crippen molar-refractivity contribution >= 4 is 28.4 Å². The molecule has 0 saturated heterocycles. The van der Waals surface area contributed by atoms with Gasteiger partial charge >= 0.3 is 0 Å². The summed E-state index contributed by atoms with van der Waals surface area (Å²) in [6.07, 6.45) is 1.68. The van der Waals surface area contributed by atoms with Gasteiger partial charge in [0.2, 0.25) is 0 Å². The van der Waals surface area contributed by atoms with Crippen LogP contribution in [0.25, 0.3) is 11.6 Å². The molecule has 0 aromatic carbocycles. The normalized spacial score (nSPS) is 11.7. The number of nitrogens with zero attached hydrogens (tertiary/aromatic N) is 2. The molecule has 2 heterocycles. The van der Waals surface area contributed by atoms with E-state index in [0.717, 1.165) is 33.0 Å². The molecule has 2 rings (SSSR count). The number of rotatable bonds is 3. The predicted octanol–water partition coefficient (Wildman–Crippen LogP) is 4.38. The zero-order valence-electron chi connectivity index (χ0n) is 12.5. The van der Waals surface area contributed by atoms with Crippen molar-refractivity contribution in [3.63, 3.8) is 0 Å². The van der Waals surface area contributed by atoms with Crippen LogP contribution in [0.15, 0.2) is 16.7 Å². The van der Waals surface area contributed by atoms with Gasteiger partial charge in [0.15, 0.2) is 11.6 Å². The van der Waals surface area contributed by atoms with E-state index >= 15 is 0 Å². The summed E-state index contributed by atoms with van der Waals surface area (Å²) in [6, 6.07) is 1.93. The third-order valence-corrected chi connectivity index (χ3v) is 3.99. The van der Waals surface area contributed by atoms with Gasteiger partial charge in [-0.25, -0.2) is 9.97 Å². The maximum Gasteiger partial charge on any atom is 0.198 e. The molecule has 108 valence electrons. The molecule has 0 unspecified atom stereocenters. The summed E-state index contributed by atoms with van der Waals surface area (Å²) in [5, 5.41) is 3.31. The summed E-state index contributed by atoms with van der Waals surface area (Å²) < 4.78 is 6.61. The summed E-state index contributed by atoms with van der Waals surface area (Å²) in [7, 11) is 0. The lowest BCUT2D eigenvalue weighted by atomic mass is 9.92. The van der Waals surface area contributed by atoms with E-state index in [0.29, 0.717) is 5.82 Å². The number of aromatic nitrogens is 2. The average Bonchev–Trinajstić information content (AvgIpc) is 2.77. The highest BCUT2D eigenvalue weighted by Crippen LogP contribution is 2.32. The zero-order chi connectivity index (χ0) is 14.9. The number of furan rings is 1. The molecule has 0 aliphatic carbocycles. The number of halogens is 1. The Morgan fingerprint density at radius 1 is 1.30 bits per heavy atom. The monoisotopic (exact) mass is 385 g/mol. The summed E-state index contributed by atoms with van der Waals surface area (Å²) in [5.74, 6) is 2.26. The van der Waals surface area contributed by atoms with Gasteiger partial charge in [-0.05, 0) is 48.1 Å². The number of nitrogens with one attached hydrogen (secondary N) is 1. The first-order valence-electron chi connectivity index (χ1n) is 6.71. The van der Waals surface area contributed by atoms with Crippen molar-refractivity contribution in [2.75, 3.05) is 11.9 Å². The topological polar surface area (TPSA) is 51.0 Å². The van der Waals surface area contributed by atoms with E-state index in [-0.39, 0.29) is 5.41 Å². The Balaban J connectivity index is 2.65. The van der Waals surface area contributed by atoms with Crippen LogP contribution in [0.1, 0.15) is 39.0 Å². The Kier molecular flexibility index (Phi) is 4.36. The SMILES string of the molecule is CCNc1nc(-c2occc2C)nc(C(C)(C)C)c1I. The van der Waals surface area contributed by atoms with E-state index < -0.39 is 0 Å². The molecule has 0 atom stereocenters. The molecular weight excluding hydrogens is 365 g/mol. The van der Waals surface area contributed by atoms with Crippen LogP contribution in [0.4, 0.5) is 5.82 Å². The molecule has 1 N–H and O–H groups in total. The second-order valence-electron chi connectivity index (χ2n) is 5.77. The van der Waals surface area contributed by atoms with Crippen molar-refractivity contribution in [1.29, 1.82) is 0 Å². The van der Waals surface area contributed by atoms with Gasteiger partial charge in [-0.1, -0.05) is 20.8 Å². The second kappa shape index (κ2) is 5.71. The van der Waals surface area contributed by atoms with E-state index in [1.54, 1.807) is 6.26 Å². The minimum atomic E-state index is -0.0428. The van der Waals surface area contributed by atoms with Crippen molar-refractivity contribution in [2.45, 2.75) is 40.0 Å². The molecule has 0 aliphatic heterocycles. The molecule has 0 fully saturated rings. The lowest BCUT2D eigenvalue weighted by Crippen LogP contribution is -2.19. The first kappa shape index (κ1) is 15.3. The molecule has 0 radical (unpaired) electrons. The Morgan fingerprint density at radius 2 is 2.00 bits per heavy atom. The van der Waals surface area contributed by atoms with Crippen LogP contribution in [0.2, 0.25) is 0 Å². The van der Waals surface area contributed by atoms with E-state index in [1.165, 1.54) is 0 Å². The van der Waals surface area contributed by atoms with Crippen LogP contribution in [0.3, 0.4) is 0 Å². The molecule has 0 bridgehead atoms. The van der Waals surface area contributed by atoms with Gasteiger partial charge in [0, 0.05) is 12.0 Å². The molecule has 20 heavy (non-hydrogen) atoms. The number of hydrogen-bond acceptors (Lipinski definition) is 4. The molecule has 0 saturated carbocycles. The molecule has 0 aliphatic rings. The maximum atomic E-state index is 5.54. The van der Waals surface area contributed by atoms with Crippen LogP contribution >= 0.6 is 22.6 Å². The highest BCUT2D eigenvalue weighted by molar-refractivity contribution is 14.1. The highest BCUT2D eigenvalue weighted by atomic mass is 127. The molecule has 2 aromatic heterocycles. The van der Waals surface area contributed by atoms with Gasteiger partial charge in [-0.3, -0.25) is 0 Å². The standard InChI is InChI=1S/C15H20IN3O/c1-6-17-13-10(16)12(15(3,4)5)18-14(19-13)11-9(2)7-8-20-11/h7-8H,6H2,1-5H3,(H,17,18,19). The smallest absolute Gasteiger partial charge is 0.198 e. The summed E-state index contributed by atoms with van der Waals surface area (Å²) in [5.41, 5.74) is 2.04. The van der Waals surface area contributed by atoms with E-state index in [9.17, 15) is 0 Å². The summed E-state index contributed by atoms with van der Waals surface area (Å²) in [4.78, 5) is 9.35. The van der Waals surface area contributed by atoms with Crippen molar-refractivity contribution in [1.82, 2.24) is 9.97 Å². The molecule has 0 amide bonds. The van der Waals surface area contributed by atoms with Crippen LogP contribution in [-0.4, -0.2) is 16.5 Å². The lowest BCUT2D eigenvalue weighted by Gasteiger charge is -2.21. The van der Waals surface area contributed by atoms with Crippen molar-refractivity contribution in [3.05, 3.63) is 27.2 Å². The fraction of sp³-hybridized carbons (Fsp3) is 0.467. The van der Waals surface area contributed by atoms with Gasteiger partial charge in [-0.2, -0.15) is 0 Å². The Morgan fingerprint density at radius 3 is 2.50 bits per heavy atom. The first-order chi connectivity index (χ1) is 9.34. The van der Waals surface area contributed by atoms with E-state index in [1.807, 2.05) is 13.0 Å². The summed E-state index contributed by atoms with van der Waals surface area (Å²) >= 11 is 2.31. The largest absolute Gasteiger partial charge is 0.461 e. The maximum absolute atomic E-state index is 5.54. The zero-order valence-corrected chi connectivity index (χ0v) is 14.7. The molecule has 5 heteroatoms. The van der Waals surface area contributed by atoms with Crippen LogP contribution in [0, 0.1) is 10.5 Å². The molecular formula is C15H20IN3O. The Hall–Kier alpha value is -1.11. The average molecular weight is 385 g/mol. The number of anilines is 1. The van der Waals surface area contributed by atoms with Gasteiger partial charge in [-0.15, -0.1) is 0 Å². The molecule has 0 spiro atoms. The number of hydrogen-bond donors (Lipinski definition) is 1.